The Morgan fingerprint density at radius 1 is 1.35 bits per heavy atom. The van der Waals surface area contributed by atoms with Gasteiger partial charge in [-0.2, -0.15) is 0 Å². The van der Waals surface area contributed by atoms with Crippen molar-refractivity contribution in [3.8, 4) is 0 Å². The molecule has 0 radical (unpaired) electrons. The van der Waals surface area contributed by atoms with Gasteiger partial charge in [-0.15, -0.1) is 11.3 Å². The van der Waals surface area contributed by atoms with E-state index in [1.54, 1.807) is 20.2 Å². The molecule has 20 heavy (non-hydrogen) atoms. The van der Waals surface area contributed by atoms with Gasteiger partial charge in [0.25, 0.3) is 0 Å². The predicted molar refractivity (Wildman–Crippen MR) is 75.7 cm³/mol. The van der Waals surface area contributed by atoms with Crippen molar-refractivity contribution in [2.45, 2.75) is 27.1 Å². The van der Waals surface area contributed by atoms with Crippen LogP contribution in [0, 0.1) is 13.8 Å². The molecule has 0 aromatic carbocycles. The minimum absolute atomic E-state index is 0.235. The van der Waals surface area contributed by atoms with Crippen molar-refractivity contribution in [2.24, 2.45) is 0 Å². The van der Waals surface area contributed by atoms with Crippen molar-refractivity contribution in [2.75, 3.05) is 7.11 Å². The Labute approximate surface area is 121 Å². The van der Waals surface area contributed by atoms with Crippen molar-refractivity contribution in [1.29, 1.82) is 0 Å². The summed E-state index contributed by atoms with van der Waals surface area (Å²) in [6.07, 6.45) is 1.70. The van der Waals surface area contributed by atoms with E-state index in [-0.39, 0.29) is 12.6 Å². The van der Waals surface area contributed by atoms with E-state index in [4.69, 9.17) is 9.47 Å². The number of rotatable bonds is 5. The van der Waals surface area contributed by atoms with Crippen molar-refractivity contribution in [3.63, 3.8) is 0 Å². The SMILES string of the molecule is COCc1nc(C)c(C(=O)OCc2ccnc(C)c2)s1. The Balaban J connectivity index is 2.01. The predicted octanol–water partition coefficient (Wildman–Crippen LogP) is 2.66. The summed E-state index contributed by atoms with van der Waals surface area (Å²) in [4.78, 5) is 20.9. The lowest BCUT2D eigenvalue weighted by atomic mass is 10.2. The lowest BCUT2D eigenvalue weighted by Crippen LogP contribution is -2.05. The van der Waals surface area contributed by atoms with Crippen LogP contribution in [0.2, 0.25) is 0 Å². The number of hydrogen-bond donors (Lipinski definition) is 0. The van der Waals surface area contributed by atoms with Crippen LogP contribution in [0.4, 0.5) is 0 Å². The van der Waals surface area contributed by atoms with E-state index in [9.17, 15) is 4.79 Å². The van der Waals surface area contributed by atoms with Gasteiger partial charge in [0.1, 0.15) is 16.5 Å². The molecule has 6 heteroatoms. The molecule has 0 spiro atoms. The Bertz CT molecular complexity index is 610. The number of carbonyl (C=O) groups excluding carboxylic acids is 1. The number of nitrogens with zero attached hydrogens (tertiary/aromatic N) is 2. The monoisotopic (exact) mass is 292 g/mol. The van der Waals surface area contributed by atoms with Gasteiger partial charge in [-0.3, -0.25) is 4.98 Å². The third-order valence-electron chi connectivity index (χ3n) is 2.63. The maximum Gasteiger partial charge on any atom is 0.350 e. The largest absolute Gasteiger partial charge is 0.457 e. The molecule has 0 saturated carbocycles. The minimum Gasteiger partial charge on any atom is -0.457 e. The summed E-state index contributed by atoms with van der Waals surface area (Å²) in [6.45, 7) is 4.33. The molecule has 5 nitrogen and oxygen atoms in total. The van der Waals surface area contributed by atoms with Crippen molar-refractivity contribution >= 4 is 17.3 Å². The first-order valence-electron chi connectivity index (χ1n) is 6.14. The van der Waals surface area contributed by atoms with E-state index in [2.05, 4.69) is 9.97 Å². The van der Waals surface area contributed by atoms with E-state index >= 15 is 0 Å². The van der Waals surface area contributed by atoms with Gasteiger partial charge in [-0.1, -0.05) is 0 Å². The molecular formula is C14H16N2O3S. The molecule has 0 aliphatic carbocycles. The highest BCUT2D eigenvalue weighted by Crippen LogP contribution is 2.20. The van der Waals surface area contributed by atoms with Crippen LogP contribution in [0.15, 0.2) is 18.3 Å². The quantitative estimate of drug-likeness (QED) is 0.793. The smallest absolute Gasteiger partial charge is 0.350 e. The standard InChI is InChI=1S/C14H16N2O3S/c1-9-6-11(4-5-15-9)7-19-14(17)13-10(2)16-12(20-13)8-18-3/h4-6H,7-8H2,1-3H3. The Morgan fingerprint density at radius 3 is 2.85 bits per heavy atom. The van der Waals surface area contributed by atoms with Crippen LogP contribution in [0.1, 0.15) is 31.6 Å². The third kappa shape index (κ3) is 3.61. The molecule has 0 aliphatic heterocycles. The number of thiazole rings is 1. The van der Waals surface area contributed by atoms with Crippen LogP contribution in [0.25, 0.3) is 0 Å². The number of ether oxygens (including phenoxy) is 2. The Kier molecular flexibility index (Phi) is 4.81. The molecular weight excluding hydrogens is 276 g/mol. The first-order chi connectivity index (χ1) is 9.60. The van der Waals surface area contributed by atoms with E-state index in [1.165, 1.54) is 11.3 Å². The average Bonchev–Trinajstić information content (AvgIpc) is 2.78. The lowest BCUT2D eigenvalue weighted by Gasteiger charge is -2.04. The van der Waals surface area contributed by atoms with Crippen LogP contribution >= 0.6 is 11.3 Å². The number of aryl methyl sites for hydroxylation is 2. The number of methoxy groups -OCH3 is 1. The molecule has 0 amide bonds. The van der Waals surface area contributed by atoms with Crippen LogP contribution in [-0.4, -0.2) is 23.0 Å². The molecule has 0 bridgehead atoms. The van der Waals surface area contributed by atoms with E-state index in [0.717, 1.165) is 16.3 Å². The van der Waals surface area contributed by atoms with Gasteiger partial charge in [-0.05, 0) is 31.5 Å². The molecule has 2 heterocycles. The highest BCUT2D eigenvalue weighted by molar-refractivity contribution is 7.13. The molecule has 106 valence electrons. The lowest BCUT2D eigenvalue weighted by molar-refractivity contribution is 0.0477. The molecule has 2 aromatic rings. The molecule has 0 unspecified atom stereocenters. The fourth-order valence-corrected chi connectivity index (χ4v) is 2.67. The van der Waals surface area contributed by atoms with Gasteiger partial charge < -0.3 is 9.47 Å². The van der Waals surface area contributed by atoms with Crippen molar-refractivity contribution < 1.29 is 14.3 Å². The third-order valence-corrected chi connectivity index (χ3v) is 3.74. The zero-order valence-corrected chi connectivity index (χ0v) is 12.5. The van der Waals surface area contributed by atoms with Crippen molar-refractivity contribution in [1.82, 2.24) is 9.97 Å². The summed E-state index contributed by atoms with van der Waals surface area (Å²) in [7, 11) is 1.60. The summed E-state index contributed by atoms with van der Waals surface area (Å²) >= 11 is 1.31. The van der Waals surface area contributed by atoms with Gasteiger partial charge in [0.15, 0.2) is 0 Å². The molecule has 2 aromatic heterocycles. The second kappa shape index (κ2) is 6.58. The van der Waals surface area contributed by atoms with Gasteiger partial charge in [0.2, 0.25) is 0 Å². The summed E-state index contributed by atoms with van der Waals surface area (Å²) in [5.74, 6) is -0.350. The summed E-state index contributed by atoms with van der Waals surface area (Å²) in [6, 6.07) is 3.72. The van der Waals surface area contributed by atoms with Crippen LogP contribution < -0.4 is 0 Å². The van der Waals surface area contributed by atoms with Crippen LogP contribution in [0.3, 0.4) is 0 Å². The number of hydrogen-bond acceptors (Lipinski definition) is 6. The number of pyridine rings is 1. The second-order valence-corrected chi connectivity index (χ2v) is 5.42. The van der Waals surface area contributed by atoms with Crippen LogP contribution in [0.5, 0.6) is 0 Å². The Morgan fingerprint density at radius 2 is 2.15 bits per heavy atom. The maximum absolute atomic E-state index is 12.0. The summed E-state index contributed by atoms with van der Waals surface area (Å²) in [5.41, 5.74) is 2.50. The minimum atomic E-state index is -0.350. The molecule has 0 N–H and O–H groups in total. The number of aromatic nitrogens is 2. The first kappa shape index (κ1) is 14.6. The van der Waals surface area contributed by atoms with Gasteiger partial charge in [-0.25, -0.2) is 9.78 Å². The maximum atomic E-state index is 12.0. The molecule has 2 rings (SSSR count). The molecule has 0 fully saturated rings. The zero-order chi connectivity index (χ0) is 14.5. The average molecular weight is 292 g/mol. The van der Waals surface area contributed by atoms with E-state index in [0.29, 0.717) is 17.2 Å². The van der Waals surface area contributed by atoms with Crippen LogP contribution in [-0.2, 0) is 22.7 Å². The fourth-order valence-electron chi connectivity index (χ4n) is 1.74. The second-order valence-electron chi connectivity index (χ2n) is 4.34. The molecule has 0 saturated heterocycles. The van der Waals surface area contributed by atoms with Gasteiger partial charge in [0, 0.05) is 19.0 Å². The molecule has 0 atom stereocenters. The number of carbonyl (C=O) groups is 1. The van der Waals surface area contributed by atoms with Gasteiger partial charge >= 0.3 is 5.97 Å². The topological polar surface area (TPSA) is 61.3 Å². The number of esters is 1. The van der Waals surface area contributed by atoms with E-state index in [1.807, 2.05) is 19.1 Å². The molecule has 0 aliphatic rings. The Hall–Kier alpha value is -1.79. The highest BCUT2D eigenvalue weighted by Gasteiger charge is 2.16. The zero-order valence-electron chi connectivity index (χ0n) is 11.7. The summed E-state index contributed by atoms with van der Waals surface area (Å²) < 4.78 is 10.3. The first-order valence-corrected chi connectivity index (χ1v) is 6.95. The highest BCUT2D eigenvalue weighted by atomic mass is 32.1. The van der Waals surface area contributed by atoms with Gasteiger partial charge in [0.05, 0.1) is 12.3 Å². The van der Waals surface area contributed by atoms with Crippen molar-refractivity contribution in [3.05, 3.63) is 45.2 Å². The van der Waals surface area contributed by atoms with E-state index < -0.39 is 0 Å². The summed E-state index contributed by atoms with van der Waals surface area (Å²) in [5, 5.41) is 0.775. The normalized spacial score (nSPS) is 10.6. The fraction of sp³-hybridized carbons (Fsp3) is 0.357.